The number of thiophene rings is 1. The number of methoxy groups -OCH3 is 1. The normalized spacial score (nSPS) is 15.3. The van der Waals surface area contributed by atoms with Crippen LogP contribution in [-0.2, 0) is 16.6 Å². The number of ether oxygens (including phenoxy) is 1. The molecule has 4 rings (SSSR count). The molecule has 2 heterocycles. The average Bonchev–Trinajstić information content (AvgIpc) is 3.52. The summed E-state index contributed by atoms with van der Waals surface area (Å²) in [5.74, 6) is 1.97. The van der Waals surface area contributed by atoms with Gasteiger partial charge in [-0.2, -0.15) is 4.98 Å². The Morgan fingerprint density at radius 3 is 2.83 bits per heavy atom. The van der Waals surface area contributed by atoms with E-state index in [1.54, 1.807) is 18.4 Å². The van der Waals surface area contributed by atoms with E-state index in [9.17, 15) is 4.79 Å². The fraction of sp³-hybridized carbons (Fsp3) is 0.409. The molecule has 152 valence electrons. The lowest BCUT2D eigenvalue weighted by Crippen LogP contribution is -2.39. The molecule has 2 aromatic heterocycles. The maximum Gasteiger partial charge on any atom is 0.227 e. The van der Waals surface area contributed by atoms with Crippen LogP contribution >= 0.6 is 11.3 Å². The van der Waals surface area contributed by atoms with Gasteiger partial charge < -0.3 is 14.6 Å². The Kier molecular flexibility index (Phi) is 5.94. The number of aryl methyl sites for hydroxylation is 1. The predicted molar refractivity (Wildman–Crippen MR) is 112 cm³/mol. The van der Waals surface area contributed by atoms with E-state index in [1.807, 2.05) is 35.7 Å². The Hall–Kier alpha value is -2.67. The van der Waals surface area contributed by atoms with Crippen LogP contribution in [0, 0.1) is 0 Å². The van der Waals surface area contributed by atoms with Crippen molar-refractivity contribution in [1.82, 2.24) is 15.5 Å². The van der Waals surface area contributed by atoms with Crippen LogP contribution in [0.1, 0.15) is 43.6 Å². The molecular weight excluding hydrogens is 386 g/mol. The summed E-state index contributed by atoms with van der Waals surface area (Å²) in [5, 5.41) is 9.10. The van der Waals surface area contributed by atoms with Gasteiger partial charge in [-0.1, -0.05) is 42.3 Å². The first-order valence-corrected chi connectivity index (χ1v) is 10.8. The second-order valence-corrected chi connectivity index (χ2v) is 8.40. The van der Waals surface area contributed by atoms with Gasteiger partial charge in [0.05, 0.1) is 12.0 Å². The van der Waals surface area contributed by atoms with E-state index in [1.165, 1.54) is 18.4 Å². The minimum absolute atomic E-state index is 0.00189. The van der Waals surface area contributed by atoms with Crippen molar-refractivity contribution >= 4 is 17.2 Å². The summed E-state index contributed by atoms with van der Waals surface area (Å²) in [5.41, 5.74) is 1.14. The molecule has 7 heteroatoms. The molecule has 3 aromatic rings. The molecule has 1 fully saturated rings. The monoisotopic (exact) mass is 411 g/mol. The smallest absolute Gasteiger partial charge is 0.227 e. The van der Waals surface area contributed by atoms with Crippen LogP contribution in [0.25, 0.3) is 10.7 Å². The largest absolute Gasteiger partial charge is 0.496 e. The SMILES string of the molecule is COc1ccccc1C1(CNC(=O)CCc2nc(-c3cccs3)no2)CCCC1. The topological polar surface area (TPSA) is 77.2 Å². The number of nitrogens with one attached hydrogen (secondary N) is 1. The third-order valence-corrected chi connectivity index (χ3v) is 6.50. The minimum atomic E-state index is -0.0565. The molecule has 6 nitrogen and oxygen atoms in total. The molecule has 1 aliphatic rings. The number of carbonyl (C=O) groups is 1. The third kappa shape index (κ3) is 4.34. The van der Waals surface area contributed by atoms with Crippen LogP contribution in [0.2, 0.25) is 0 Å². The van der Waals surface area contributed by atoms with Gasteiger partial charge >= 0.3 is 0 Å². The first-order chi connectivity index (χ1) is 14.2. The number of hydrogen-bond acceptors (Lipinski definition) is 6. The van der Waals surface area contributed by atoms with Crippen molar-refractivity contribution in [3.8, 4) is 16.5 Å². The van der Waals surface area contributed by atoms with Crippen molar-refractivity contribution < 1.29 is 14.1 Å². The molecule has 0 saturated heterocycles. The lowest BCUT2D eigenvalue weighted by atomic mass is 9.78. The van der Waals surface area contributed by atoms with Gasteiger partial charge in [0.1, 0.15) is 5.75 Å². The highest BCUT2D eigenvalue weighted by Gasteiger charge is 2.37. The third-order valence-electron chi connectivity index (χ3n) is 5.64. The number of aromatic nitrogens is 2. The van der Waals surface area contributed by atoms with Gasteiger partial charge in [0, 0.05) is 30.4 Å². The van der Waals surface area contributed by atoms with E-state index < -0.39 is 0 Å². The van der Waals surface area contributed by atoms with E-state index in [2.05, 4.69) is 21.5 Å². The molecule has 0 aliphatic heterocycles. The van der Waals surface area contributed by atoms with Gasteiger partial charge in [-0.25, -0.2) is 0 Å². The molecule has 1 aliphatic carbocycles. The fourth-order valence-corrected chi connectivity index (χ4v) is 4.76. The molecule has 1 saturated carbocycles. The minimum Gasteiger partial charge on any atom is -0.496 e. The average molecular weight is 412 g/mol. The molecule has 29 heavy (non-hydrogen) atoms. The quantitative estimate of drug-likeness (QED) is 0.596. The summed E-state index contributed by atoms with van der Waals surface area (Å²) in [6, 6.07) is 12.0. The molecule has 0 radical (unpaired) electrons. The maximum absolute atomic E-state index is 12.5. The highest BCUT2D eigenvalue weighted by molar-refractivity contribution is 7.13. The van der Waals surface area contributed by atoms with Gasteiger partial charge in [0.25, 0.3) is 0 Å². The van der Waals surface area contributed by atoms with Crippen molar-refractivity contribution in [2.75, 3.05) is 13.7 Å². The summed E-state index contributed by atoms with van der Waals surface area (Å²) in [7, 11) is 1.70. The summed E-state index contributed by atoms with van der Waals surface area (Å²) in [4.78, 5) is 17.9. The summed E-state index contributed by atoms with van der Waals surface area (Å²) in [6.07, 6.45) is 5.21. The van der Waals surface area contributed by atoms with E-state index in [-0.39, 0.29) is 11.3 Å². The summed E-state index contributed by atoms with van der Waals surface area (Å²) >= 11 is 1.56. The fourth-order valence-electron chi connectivity index (χ4n) is 4.11. The van der Waals surface area contributed by atoms with Crippen LogP contribution in [0.4, 0.5) is 0 Å². The number of nitrogens with zero attached hydrogens (tertiary/aromatic N) is 2. The number of rotatable bonds is 8. The first-order valence-electron chi connectivity index (χ1n) is 9.97. The van der Waals surface area contributed by atoms with E-state index in [0.29, 0.717) is 31.1 Å². The lowest BCUT2D eigenvalue weighted by molar-refractivity contribution is -0.121. The first kappa shape index (κ1) is 19.6. The summed E-state index contributed by atoms with van der Waals surface area (Å²) < 4.78 is 10.9. The van der Waals surface area contributed by atoms with Crippen molar-refractivity contribution in [2.24, 2.45) is 0 Å². The predicted octanol–water partition coefficient (Wildman–Crippen LogP) is 4.37. The van der Waals surface area contributed by atoms with E-state index in [0.717, 1.165) is 23.5 Å². The van der Waals surface area contributed by atoms with Crippen LogP contribution in [-0.4, -0.2) is 29.7 Å². The molecule has 0 spiro atoms. The molecular formula is C22H25N3O3S. The molecule has 1 N–H and O–H groups in total. The molecule has 1 aromatic carbocycles. The Morgan fingerprint density at radius 2 is 2.07 bits per heavy atom. The molecule has 0 unspecified atom stereocenters. The Bertz CT molecular complexity index is 946. The zero-order chi connectivity index (χ0) is 20.1. The number of benzene rings is 1. The zero-order valence-corrected chi connectivity index (χ0v) is 17.3. The van der Waals surface area contributed by atoms with Crippen molar-refractivity contribution in [1.29, 1.82) is 0 Å². The molecule has 0 bridgehead atoms. The Labute approximate surface area is 174 Å². The lowest BCUT2D eigenvalue weighted by Gasteiger charge is -2.31. The van der Waals surface area contributed by atoms with Crippen LogP contribution in [0.15, 0.2) is 46.3 Å². The summed E-state index contributed by atoms with van der Waals surface area (Å²) in [6.45, 7) is 0.622. The van der Waals surface area contributed by atoms with Gasteiger partial charge in [-0.3, -0.25) is 4.79 Å². The number of para-hydroxylation sites is 1. The number of hydrogen-bond donors (Lipinski definition) is 1. The zero-order valence-electron chi connectivity index (χ0n) is 16.5. The van der Waals surface area contributed by atoms with Crippen LogP contribution in [0.5, 0.6) is 5.75 Å². The van der Waals surface area contributed by atoms with Gasteiger partial charge in [0.2, 0.25) is 17.6 Å². The van der Waals surface area contributed by atoms with Gasteiger partial charge in [0.15, 0.2) is 0 Å². The Morgan fingerprint density at radius 1 is 1.24 bits per heavy atom. The molecule has 1 amide bonds. The molecule has 0 atom stereocenters. The second-order valence-electron chi connectivity index (χ2n) is 7.45. The maximum atomic E-state index is 12.5. The number of carbonyl (C=O) groups excluding carboxylic acids is 1. The van der Waals surface area contributed by atoms with Crippen molar-refractivity contribution in [2.45, 2.75) is 43.9 Å². The highest BCUT2D eigenvalue weighted by Crippen LogP contribution is 2.44. The number of amides is 1. The van der Waals surface area contributed by atoms with Crippen LogP contribution < -0.4 is 10.1 Å². The standard InChI is InChI=1S/C22H25N3O3S/c1-27-17-8-3-2-7-16(17)22(12-4-5-13-22)15-23-19(26)10-11-20-24-21(25-28-20)18-9-6-14-29-18/h2-3,6-9,14H,4-5,10-13,15H2,1H3,(H,23,26). The van der Waals surface area contributed by atoms with Crippen LogP contribution in [0.3, 0.4) is 0 Å². The van der Waals surface area contributed by atoms with Crippen molar-refractivity contribution in [3.05, 3.63) is 53.2 Å². The van der Waals surface area contributed by atoms with Gasteiger partial charge in [-0.15, -0.1) is 11.3 Å². The van der Waals surface area contributed by atoms with E-state index >= 15 is 0 Å². The Balaban J connectivity index is 1.36. The highest BCUT2D eigenvalue weighted by atomic mass is 32.1. The second kappa shape index (κ2) is 8.78. The van der Waals surface area contributed by atoms with Crippen molar-refractivity contribution in [3.63, 3.8) is 0 Å². The van der Waals surface area contributed by atoms with Gasteiger partial charge in [-0.05, 0) is 30.4 Å². The van der Waals surface area contributed by atoms with E-state index in [4.69, 9.17) is 9.26 Å².